The lowest BCUT2D eigenvalue weighted by atomic mass is 10.0. The molecule has 4 rings (SSSR count). The minimum Gasteiger partial charge on any atom is -0.496 e. The van der Waals surface area contributed by atoms with Gasteiger partial charge in [0.2, 0.25) is 0 Å². The second-order valence-electron chi connectivity index (χ2n) is 8.62. The predicted molar refractivity (Wildman–Crippen MR) is 133 cm³/mol. The number of hydrogen-bond acceptors (Lipinski definition) is 7. The van der Waals surface area contributed by atoms with Gasteiger partial charge in [-0.05, 0) is 44.1 Å². The van der Waals surface area contributed by atoms with Crippen LogP contribution in [0.5, 0.6) is 11.5 Å². The SMILES string of the molecule is COc1ccccc1CN1CCC(N2CCN(c3ccccc3OC)CC2)CC1.O=C(O)C(=O)O. The van der Waals surface area contributed by atoms with E-state index in [1.807, 2.05) is 12.1 Å². The van der Waals surface area contributed by atoms with Gasteiger partial charge < -0.3 is 24.6 Å². The number of hydrogen-bond donors (Lipinski definition) is 2. The molecule has 0 atom stereocenters. The van der Waals surface area contributed by atoms with Gasteiger partial charge in [-0.25, -0.2) is 9.59 Å². The zero-order valence-corrected chi connectivity index (χ0v) is 20.4. The number of rotatable bonds is 6. The third kappa shape index (κ3) is 7.34. The molecule has 0 unspecified atom stereocenters. The summed E-state index contributed by atoms with van der Waals surface area (Å²) in [6.07, 6.45) is 2.51. The van der Waals surface area contributed by atoms with Crippen LogP contribution >= 0.6 is 0 Å². The highest BCUT2D eigenvalue weighted by Gasteiger charge is 2.28. The number of aliphatic carboxylic acids is 2. The van der Waals surface area contributed by atoms with Gasteiger partial charge in [0, 0.05) is 44.3 Å². The largest absolute Gasteiger partial charge is 0.496 e. The molecule has 2 aliphatic rings. The first-order chi connectivity index (χ1) is 16.9. The monoisotopic (exact) mass is 485 g/mol. The van der Waals surface area contributed by atoms with E-state index in [9.17, 15) is 0 Å². The maximum atomic E-state index is 9.10. The lowest BCUT2D eigenvalue weighted by Crippen LogP contribution is -2.53. The van der Waals surface area contributed by atoms with Crippen molar-refractivity contribution in [3.05, 3.63) is 54.1 Å². The number of carboxylic acids is 2. The zero-order valence-electron chi connectivity index (χ0n) is 20.4. The Labute approximate surface area is 206 Å². The second-order valence-corrected chi connectivity index (χ2v) is 8.62. The van der Waals surface area contributed by atoms with E-state index >= 15 is 0 Å². The van der Waals surface area contributed by atoms with E-state index in [0.717, 1.165) is 57.3 Å². The van der Waals surface area contributed by atoms with Gasteiger partial charge in [0.1, 0.15) is 11.5 Å². The van der Waals surface area contributed by atoms with E-state index in [-0.39, 0.29) is 0 Å². The number of piperidine rings is 1. The van der Waals surface area contributed by atoms with Crippen LogP contribution < -0.4 is 14.4 Å². The number of carboxylic acid groups (broad SMARTS) is 2. The van der Waals surface area contributed by atoms with E-state index in [0.29, 0.717) is 6.04 Å². The molecule has 0 amide bonds. The van der Waals surface area contributed by atoms with E-state index in [1.54, 1.807) is 14.2 Å². The van der Waals surface area contributed by atoms with Crippen LogP contribution in [0.15, 0.2) is 48.5 Å². The first kappa shape index (κ1) is 26.3. The van der Waals surface area contributed by atoms with Crippen LogP contribution in [0.3, 0.4) is 0 Å². The molecule has 190 valence electrons. The highest BCUT2D eigenvalue weighted by Crippen LogP contribution is 2.29. The van der Waals surface area contributed by atoms with Crippen molar-refractivity contribution in [2.75, 3.05) is 58.4 Å². The van der Waals surface area contributed by atoms with E-state index in [2.05, 4.69) is 51.1 Å². The molecule has 2 N–H and O–H groups in total. The van der Waals surface area contributed by atoms with Gasteiger partial charge >= 0.3 is 11.9 Å². The van der Waals surface area contributed by atoms with Gasteiger partial charge in [0.25, 0.3) is 0 Å². The van der Waals surface area contributed by atoms with Crippen molar-refractivity contribution in [2.45, 2.75) is 25.4 Å². The van der Waals surface area contributed by atoms with Crippen molar-refractivity contribution in [1.82, 2.24) is 9.80 Å². The number of benzene rings is 2. The summed E-state index contributed by atoms with van der Waals surface area (Å²) >= 11 is 0. The molecule has 9 heteroatoms. The fraction of sp³-hybridized carbons (Fsp3) is 0.462. The van der Waals surface area contributed by atoms with Gasteiger partial charge in [0.05, 0.1) is 19.9 Å². The molecule has 35 heavy (non-hydrogen) atoms. The van der Waals surface area contributed by atoms with E-state index < -0.39 is 11.9 Å². The standard InChI is InChI=1S/C24H33N3O2.C2H2O4/c1-28-23-9-5-3-7-20(23)19-25-13-11-21(12-14-25)26-15-17-27(18-16-26)22-8-4-6-10-24(22)29-2;3-1(4)2(5)6/h3-10,21H,11-19H2,1-2H3;(H,3,4)(H,5,6). The normalized spacial score (nSPS) is 17.3. The van der Waals surface area contributed by atoms with Crippen LogP contribution in [-0.2, 0) is 16.1 Å². The number of methoxy groups -OCH3 is 2. The Morgan fingerprint density at radius 2 is 1.34 bits per heavy atom. The van der Waals surface area contributed by atoms with E-state index in [1.165, 1.54) is 24.1 Å². The van der Waals surface area contributed by atoms with Crippen LogP contribution in [0.1, 0.15) is 18.4 Å². The predicted octanol–water partition coefficient (Wildman–Crippen LogP) is 2.65. The molecule has 0 radical (unpaired) electrons. The molecule has 2 aliphatic heterocycles. The van der Waals surface area contributed by atoms with Crippen LogP contribution in [0.4, 0.5) is 5.69 Å². The van der Waals surface area contributed by atoms with Crippen LogP contribution in [-0.4, -0.2) is 91.5 Å². The van der Waals surface area contributed by atoms with Crippen LogP contribution in [0, 0.1) is 0 Å². The average Bonchev–Trinajstić information content (AvgIpc) is 2.90. The summed E-state index contributed by atoms with van der Waals surface area (Å²) in [5.41, 5.74) is 2.51. The molecule has 0 spiro atoms. The lowest BCUT2D eigenvalue weighted by Gasteiger charge is -2.43. The number of ether oxygens (including phenoxy) is 2. The molecular weight excluding hydrogens is 450 g/mol. The molecule has 2 aromatic rings. The van der Waals surface area contributed by atoms with Crippen molar-refractivity contribution in [1.29, 1.82) is 0 Å². The molecule has 0 saturated carbocycles. The molecule has 9 nitrogen and oxygen atoms in total. The number of para-hydroxylation sites is 3. The Balaban J connectivity index is 0.000000509. The van der Waals surface area contributed by atoms with Crippen LogP contribution in [0.2, 0.25) is 0 Å². The van der Waals surface area contributed by atoms with Gasteiger partial charge in [-0.3, -0.25) is 9.80 Å². The number of anilines is 1. The Morgan fingerprint density at radius 1 is 0.800 bits per heavy atom. The fourth-order valence-corrected chi connectivity index (χ4v) is 4.74. The summed E-state index contributed by atoms with van der Waals surface area (Å²) in [6, 6.07) is 17.5. The number of nitrogens with zero attached hydrogens (tertiary/aromatic N) is 3. The van der Waals surface area contributed by atoms with Crippen molar-refractivity contribution in [3.8, 4) is 11.5 Å². The Morgan fingerprint density at radius 3 is 1.91 bits per heavy atom. The maximum Gasteiger partial charge on any atom is 0.414 e. The minimum absolute atomic E-state index is 0.712. The topological polar surface area (TPSA) is 103 Å². The summed E-state index contributed by atoms with van der Waals surface area (Å²) < 4.78 is 11.1. The Bertz CT molecular complexity index is 957. The first-order valence-corrected chi connectivity index (χ1v) is 11.9. The molecule has 2 saturated heterocycles. The quantitative estimate of drug-likeness (QED) is 0.598. The Hall–Kier alpha value is -3.30. The first-order valence-electron chi connectivity index (χ1n) is 11.9. The highest BCUT2D eigenvalue weighted by atomic mass is 16.5. The van der Waals surface area contributed by atoms with Gasteiger partial charge in [0.15, 0.2) is 0 Å². The summed E-state index contributed by atoms with van der Waals surface area (Å²) in [5.74, 6) is -1.67. The number of likely N-dealkylation sites (tertiary alicyclic amines) is 1. The Kier molecular flexibility index (Phi) is 9.75. The third-order valence-corrected chi connectivity index (χ3v) is 6.58. The van der Waals surface area contributed by atoms with Gasteiger partial charge in [-0.15, -0.1) is 0 Å². The molecule has 0 aliphatic carbocycles. The van der Waals surface area contributed by atoms with Crippen molar-refractivity contribution in [3.63, 3.8) is 0 Å². The molecule has 2 heterocycles. The summed E-state index contributed by atoms with van der Waals surface area (Å²) in [6.45, 7) is 7.72. The number of carbonyl (C=O) groups is 2. The van der Waals surface area contributed by atoms with Crippen molar-refractivity contribution < 1.29 is 29.3 Å². The summed E-state index contributed by atoms with van der Waals surface area (Å²) in [4.78, 5) is 25.9. The van der Waals surface area contributed by atoms with Crippen molar-refractivity contribution >= 4 is 17.6 Å². The third-order valence-electron chi connectivity index (χ3n) is 6.58. The van der Waals surface area contributed by atoms with E-state index in [4.69, 9.17) is 29.3 Å². The second kappa shape index (κ2) is 13.0. The average molecular weight is 486 g/mol. The smallest absolute Gasteiger partial charge is 0.414 e. The lowest BCUT2D eigenvalue weighted by molar-refractivity contribution is -0.159. The molecular formula is C26H35N3O6. The summed E-state index contributed by atoms with van der Waals surface area (Å²) in [5, 5.41) is 14.8. The zero-order chi connectivity index (χ0) is 25.2. The van der Waals surface area contributed by atoms with Gasteiger partial charge in [-0.1, -0.05) is 30.3 Å². The fourth-order valence-electron chi connectivity index (χ4n) is 4.74. The minimum atomic E-state index is -1.82. The molecule has 0 bridgehead atoms. The maximum absolute atomic E-state index is 9.10. The molecule has 2 aromatic carbocycles. The van der Waals surface area contributed by atoms with Crippen molar-refractivity contribution in [2.24, 2.45) is 0 Å². The van der Waals surface area contributed by atoms with Gasteiger partial charge in [-0.2, -0.15) is 0 Å². The molecule has 2 fully saturated rings. The molecule has 0 aromatic heterocycles. The van der Waals surface area contributed by atoms with Crippen LogP contribution in [0.25, 0.3) is 0 Å². The number of piperazine rings is 1. The highest BCUT2D eigenvalue weighted by molar-refractivity contribution is 6.27. The summed E-state index contributed by atoms with van der Waals surface area (Å²) in [7, 11) is 3.52.